The van der Waals surface area contributed by atoms with Gasteiger partial charge >= 0.3 is 0 Å². The number of nitriles is 1. The number of H-pyrrole nitrogens is 1. The van der Waals surface area contributed by atoms with Crippen LogP contribution in [0, 0.1) is 29.8 Å². The first-order valence-electron chi connectivity index (χ1n) is 8.21. The van der Waals surface area contributed by atoms with Crippen LogP contribution in [-0.2, 0) is 0 Å². The molecule has 134 valence electrons. The van der Waals surface area contributed by atoms with Crippen molar-refractivity contribution in [2.45, 2.75) is 13.8 Å². The fraction of sp³-hybridized carbons (Fsp3) is 0.0952. The van der Waals surface area contributed by atoms with E-state index in [1.807, 2.05) is 31.2 Å². The van der Waals surface area contributed by atoms with Crippen molar-refractivity contribution in [1.82, 2.24) is 4.98 Å². The molecule has 0 aliphatic rings. The van der Waals surface area contributed by atoms with E-state index >= 15 is 0 Å². The summed E-state index contributed by atoms with van der Waals surface area (Å²) in [6, 6.07) is 16.6. The van der Waals surface area contributed by atoms with Crippen molar-refractivity contribution in [3.63, 3.8) is 0 Å². The predicted octanol–water partition coefficient (Wildman–Crippen LogP) is 5.81. The number of hydrogen-bond acceptors (Lipinski definition) is 3. The molecule has 0 unspecified atom stereocenters. The van der Waals surface area contributed by atoms with Crippen molar-refractivity contribution >= 4 is 35.4 Å². The maximum atomic E-state index is 13.1. The monoisotopic (exact) mass is 393 g/mol. The van der Waals surface area contributed by atoms with E-state index in [4.69, 9.17) is 23.8 Å². The second-order valence-electron chi connectivity index (χ2n) is 6.14. The van der Waals surface area contributed by atoms with Gasteiger partial charge in [-0.15, -0.1) is 0 Å². The lowest BCUT2D eigenvalue weighted by molar-refractivity contribution is 0.102. The first-order chi connectivity index (χ1) is 12.9. The molecular formula is C21H16ClN3OS. The summed E-state index contributed by atoms with van der Waals surface area (Å²) >= 11 is 11.3. The molecule has 0 fully saturated rings. The lowest BCUT2D eigenvalue weighted by Crippen LogP contribution is -2.17. The van der Waals surface area contributed by atoms with Crippen LogP contribution in [0.4, 0.5) is 5.69 Å². The zero-order valence-electron chi connectivity index (χ0n) is 14.8. The zero-order chi connectivity index (χ0) is 19.6. The summed E-state index contributed by atoms with van der Waals surface area (Å²) in [5, 5.41) is 13.1. The molecule has 3 aromatic rings. The van der Waals surface area contributed by atoms with Crippen LogP contribution in [-0.4, -0.2) is 10.9 Å². The number of nitrogens with zero attached hydrogens (tertiary/aromatic N) is 1. The minimum absolute atomic E-state index is 0.256. The Morgan fingerprint density at radius 3 is 2.33 bits per heavy atom. The molecular weight excluding hydrogens is 378 g/mol. The first-order valence-corrected chi connectivity index (χ1v) is 9.00. The van der Waals surface area contributed by atoms with Crippen LogP contribution in [0.1, 0.15) is 27.2 Å². The number of benzene rings is 2. The number of aromatic nitrogens is 1. The first kappa shape index (κ1) is 18.8. The average Bonchev–Trinajstić information content (AvgIpc) is 2.63. The second kappa shape index (κ2) is 7.75. The lowest BCUT2D eigenvalue weighted by Gasteiger charge is -2.15. The minimum atomic E-state index is -0.316. The van der Waals surface area contributed by atoms with Crippen molar-refractivity contribution in [2.75, 3.05) is 5.32 Å². The number of halogens is 1. The molecule has 27 heavy (non-hydrogen) atoms. The van der Waals surface area contributed by atoms with E-state index in [2.05, 4.69) is 16.4 Å². The third kappa shape index (κ3) is 3.92. The summed E-state index contributed by atoms with van der Waals surface area (Å²) in [5.41, 5.74) is 4.20. The Morgan fingerprint density at radius 2 is 1.74 bits per heavy atom. The molecule has 0 aliphatic heterocycles. The van der Waals surface area contributed by atoms with Crippen molar-refractivity contribution in [2.24, 2.45) is 0 Å². The summed E-state index contributed by atoms with van der Waals surface area (Å²) in [6.45, 7) is 3.74. The summed E-state index contributed by atoms with van der Waals surface area (Å²) < 4.78 is 0.298. The molecule has 2 aromatic carbocycles. The van der Waals surface area contributed by atoms with Gasteiger partial charge in [0.05, 0.1) is 11.1 Å². The van der Waals surface area contributed by atoms with Crippen molar-refractivity contribution < 1.29 is 4.79 Å². The number of aromatic amines is 1. The number of hydrogen-bond donors (Lipinski definition) is 2. The number of nitrogens with one attached hydrogen (secondary N) is 2. The van der Waals surface area contributed by atoms with Gasteiger partial charge in [-0.25, -0.2) is 0 Å². The van der Waals surface area contributed by atoms with Crippen LogP contribution in [0.25, 0.3) is 11.1 Å². The molecule has 0 saturated heterocycles. The van der Waals surface area contributed by atoms with Crippen molar-refractivity contribution in [1.29, 1.82) is 5.26 Å². The van der Waals surface area contributed by atoms with Crippen LogP contribution < -0.4 is 5.32 Å². The van der Waals surface area contributed by atoms with Gasteiger partial charge < -0.3 is 10.3 Å². The van der Waals surface area contributed by atoms with E-state index in [9.17, 15) is 10.1 Å². The molecule has 1 amide bonds. The summed E-state index contributed by atoms with van der Waals surface area (Å²) in [6.07, 6.45) is 0. The van der Waals surface area contributed by atoms with Gasteiger partial charge in [0.25, 0.3) is 5.91 Å². The van der Waals surface area contributed by atoms with E-state index in [0.717, 1.165) is 5.56 Å². The van der Waals surface area contributed by atoms with Crippen LogP contribution >= 0.6 is 23.8 Å². The highest BCUT2D eigenvalue weighted by atomic mass is 35.5. The van der Waals surface area contributed by atoms with Gasteiger partial charge in [0, 0.05) is 22.0 Å². The Hall–Kier alpha value is -2.94. The van der Waals surface area contributed by atoms with Gasteiger partial charge in [-0.2, -0.15) is 5.26 Å². The number of amides is 1. The number of carbonyl (C=O) groups is 1. The van der Waals surface area contributed by atoms with E-state index < -0.39 is 0 Å². The number of anilines is 1. The van der Waals surface area contributed by atoms with Crippen molar-refractivity contribution in [3.05, 3.63) is 80.6 Å². The normalized spacial score (nSPS) is 10.3. The van der Waals surface area contributed by atoms with Crippen molar-refractivity contribution in [3.8, 4) is 17.2 Å². The molecule has 1 aromatic heterocycles. The molecule has 0 spiro atoms. The summed E-state index contributed by atoms with van der Waals surface area (Å²) in [5.74, 6) is -0.316. The number of carbonyl (C=O) groups excluding carboxylic acids is 1. The molecule has 3 rings (SSSR count). The summed E-state index contributed by atoms with van der Waals surface area (Å²) in [7, 11) is 0. The minimum Gasteiger partial charge on any atom is -0.348 e. The van der Waals surface area contributed by atoms with Gasteiger partial charge in [0.15, 0.2) is 0 Å². The Kier molecular flexibility index (Phi) is 5.41. The largest absolute Gasteiger partial charge is 0.348 e. The molecule has 0 atom stereocenters. The van der Waals surface area contributed by atoms with E-state index in [1.165, 1.54) is 0 Å². The fourth-order valence-corrected chi connectivity index (χ4v) is 3.27. The molecule has 0 aliphatic carbocycles. The van der Waals surface area contributed by atoms with Gasteiger partial charge in [0.1, 0.15) is 10.7 Å². The highest BCUT2D eigenvalue weighted by Gasteiger charge is 2.21. The topological polar surface area (TPSA) is 68.7 Å². The van der Waals surface area contributed by atoms with Gasteiger partial charge in [0.2, 0.25) is 0 Å². The summed E-state index contributed by atoms with van der Waals surface area (Å²) in [4.78, 5) is 16.0. The molecule has 6 heteroatoms. The Labute approximate surface area is 167 Å². The van der Waals surface area contributed by atoms with Gasteiger partial charge in [-0.3, -0.25) is 4.79 Å². The molecule has 0 radical (unpaired) electrons. The van der Waals surface area contributed by atoms with Crippen LogP contribution in [0.15, 0.2) is 48.5 Å². The van der Waals surface area contributed by atoms with E-state index in [1.54, 1.807) is 31.2 Å². The molecule has 0 bridgehead atoms. The lowest BCUT2D eigenvalue weighted by atomic mass is 9.94. The van der Waals surface area contributed by atoms with E-state index in [-0.39, 0.29) is 11.5 Å². The van der Waals surface area contributed by atoms with Crippen LogP contribution in [0.3, 0.4) is 0 Å². The highest BCUT2D eigenvalue weighted by Crippen LogP contribution is 2.31. The van der Waals surface area contributed by atoms with Crippen LogP contribution in [0.2, 0.25) is 5.02 Å². The average molecular weight is 394 g/mol. The van der Waals surface area contributed by atoms with Crippen LogP contribution in [0.5, 0.6) is 0 Å². The maximum absolute atomic E-state index is 13.1. The van der Waals surface area contributed by atoms with E-state index in [0.29, 0.717) is 37.7 Å². The Morgan fingerprint density at radius 1 is 1.11 bits per heavy atom. The number of aryl methyl sites for hydroxylation is 2. The maximum Gasteiger partial charge on any atom is 0.258 e. The molecule has 2 N–H and O–H groups in total. The smallest absolute Gasteiger partial charge is 0.258 e. The number of pyridine rings is 1. The quantitative estimate of drug-likeness (QED) is 0.552. The highest BCUT2D eigenvalue weighted by molar-refractivity contribution is 7.71. The predicted molar refractivity (Wildman–Crippen MR) is 111 cm³/mol. The third-order valence-electron chi connectivity index (χ3n) is 4.18. The molecule has 4 nitrogen and oxygen atoms in total. The number of rotatable bonds is 3. The molecule has 1 heterocycles. The molecule has 0 saturated carbocycles. The van der Waals surface area contributed by atoms with Gasteiger partial charge in [-0.05, 0) is 43.7 Å². The Bertz CT molecular complexity index is 1110. The second-order valence-corrected chi connectivity index (χ2v) is 6.99. The zero-order valence-corrected chi connectivity index (χ0v) is 16.3. The third-order valence-corrected chi connectivity index (χ3v) is 4.74. The van der Waals surface area contributed by atoms with Gasteiger partial charge in [-0.1, -0.05) is 53.6 Å². The fourth-order valence-electron chi connectivity index (χ4n) is 2.85. The standard InChI is InChI=1S/C21H16ClN3OS/c1-12-3-9-16(10-4-12)25-20(26)18-13(2)24-21(27)17(11-23)19(18)14-5-7-15(22)8-6-14/h3-10H,1-2H3,(H,24,27)(H,25,26). The SMILES string of the molecule is Cc1ccc(NC(=O)c2c(C)[nH]c(=S)c(C#N)c2-c2ccc(Cl)cc2)cc1. The Balaban J connectivity index is 2.18.